The molecule has 8 heteroatoms. The molecule has 178 valence electrons. The Kier molecular flexibility index (Phi) is 6.29. The summed E-state index contributed by atoms with van der Waals surface area (Å²) in [5.74, 6) is -0.435. The van der Waals surface area contributed by atoms with Gasteiger partial charge in [0.2, 0.25) is 0 Å². The highest BCUT2D eigenvalue weighted by Gasteiger charge is 2.20. The summed E-state index contributed by atoms with van der Waals surface area (Å²) in [6.07, 6.45) is 2.02. The number of rotatable bonds is 6. The lowest BCUT2D eigenvalue weighted by molar-refractivity contribution is -0.0172. The number of nitrogens with zero attached hydrogens (tertiary/aromatic N) is 2. The van der Waals surface area contributed by atoms with Crippen molar-refractivity contribution >= 4 is 5.91 Å². The second kappa shape index (κ2) is 9.68. The molecule has 2 heterocycles. The second-order valence-electron chi connectivity index (χ2n) is 8.35. The molecule has 1 aliphatic rings. The first-order valence-corrected chi connectivity index (χ1v) is 11.2. The summed E-state index contributed by atoms with van der Waals surface area (Å²) in [5, 5.41) is 7.54. The molecule has 1 aliphatic heterocycles. The average Bonchev–Trinajstić information content (AvgIpc) is 3.30. The van der Waals surface area contributed by atoms with Gasteiger partial charge in [0.1, 0.15) is 23.1 Å². The van der Waals surface area contributed by atoms with Gasteiger partial charge >= 0.3 is 0 Å². The average molecular weight is 475 g/mol. The van der Waals surface area contributed by atoms with Crippen molar-refractivity contribution in [3.05, 3.63) is 101 Å². The molecule has 0 saturated heterocycles. The monoisotopic (exact) mass is 475 g/mol. The molecule has 0 fully saturated rings. The molecular formula is C27H23F2N3O3. The highest BCUT2D eigenvalue weighted by molar-refractivity contribution is 6.00. The van der Waals surface area contributed by atoms with Crippen molar-refractivity contribution in [2.45, 2.75) is 20.0 Å². The maximum absolute atomic E-state index is 14.0. The van der Waals surface area contributed by atoms with Gasteiger partial charge in [0.15, 0.2) is 6.79 Å². The summed E-state index contributed by atoms with van der Waals surface area (Å²) in [6, 6.07) is 16.4. The van der Waals surface area contributed by atoms with Gasteiger partial charge in [0.05, 0.1) is 17.9 Å². The van der Waals surface area contributed by atoms with Crippen molar-refractivity contribution in [2.24, 2.45) is 0 Å². The Bertz CT molecular complexity index is 1380. The zero-order chi connectivity index (χ0) is 24.4. The fourth-order valence-corrected chi connectivity index (χ4v) is 4.12. The number of hydrogen-bond acceptors (Lipinski definition) is 4. The van der Waals surface area contributed by atoms with Crippen LogP contribution in [-0.2, 0) is 17.8 Å². The van der Waals surface area contributed by atoms with E-state index in [4.69, 9.17) is 9.47 Å². The molecule has 1 amide bonds. The summed E-state index contributed by atoms with van der Waals surface area (Å²) < 4.78 is 39.8. The van der Waals surface area contributed by atoms with Crippen molar-refractivity contribution in [2.75, 3.05) is 13.3 Å². The zero-order valence-electron chi connectivity index (χ0n) is 19.1. The topological polar surface area (TPSA) is 65.4 Å². The molecule has 0 spiro atoms. The number of ether oxygens (including phenoxy) is 2. The Balaban J connectivity index is 1.40. The van der Waals surface area contributed by atoms with Crippen LogP contribution in [0, 0.1) is 18.6 Å². The van der Waals surface area contributed by atoms with Crippen LogP contribution >= 0.6 is 0 Å². The fourth-order valence-electron chi connectivity index (χ4n) is 4.12. The van der Waals surface area contributed by atoms with Gasteiger partial charge in [-0.15, -0.1) is 0 Å². The molecule has 0 unspecified atom stereocenters. The van der Waals surface area contributed by atoms with E-state index in [-0.39, 0.29) is 37.5 Å². The molecule has 1 N–H and O–H groups in total. The minimum Gasteiger partial charge on any atom is -0.467 e. The third kappa shape index (κ3) is 4.93. The largest absolute Gasteiger partial charge is 0.467 e. The summed E-state index contributed by atoms with van der Waals surface area (Å²) >= 11 is 0. The molecule has 0 radical (unpaired) electrons. The number of aryl methyl sites for hydroxylation is 1. The van der Waals surface area contributed by atoms with Gasteiger partial charge in [-0.2, -0.15) is 5.10 Å². The summed E-state index contributed by atoms with van der Waals surface area (Å²) in [6.45, 7) is 2.64. The van der Waals surface area contributed by atoms with Crippen LogP contribution in [0.25, 0.3) is 16.9 Å². The Labute approximate surface area is 201 Å². The highest BCUT2D eigenvalue weighted by Crippen LogP contribution is 2.30. The van der Waals surface area contributed by atoms with E-state index >= 15 is 0 Å². The van der Waals surface area contributed by atoms with E-state index in [2.05, 4.69) is 10.4 Å². The van der Waals surface area contributed by atoms with Crippen LogP contribution in [0.5, 0.6) is 5.75 Å². The van der Waals surface area contributed by atoms with E-state index in [9.17, 15) is 13.6 Å². The minimum atomic E-state index is -0.374. The third-order valence-electron chi connectivity index (χ3n) is 5.77. The normalized spacial score (nSPS) is 12.7. The number of hydrogen-bond donors (Lipinski definition) is 1. The molecule has 6 nitrogen and oxygen atoms in total. The second-order valence-corrected chi connectivity index (χ2v) is 8.35. The van der Waals surface area contributed by atoms with Crippen molar-refractivity contribution in [3.63, 3.8) is 0 Å². The van der Waals surface area contributed by atoms with Crippen molar-refractivity contribution in [3.8, 4) is 22.7 Å². The predicted molar refractivity (Wildman–Crippen MR) is 126 cm³/mol. The van der Waals surface area contributed by atoms with Gasteiger partial charge in [-0.05, 0) is 61.4 Å². The molecule has 3 aromatic carbocycles. The van der Waals surface area contributed by atoms with E-state index in [0.717, 1.165) is 11.1 Å². The maximum atomic E-state index is 14.0. The van der Waals surface area contributed by atoms with Crippen LogP contribution in [0.3, 0.4) is 0 Å². The lowest BCUT2D eigenvalue weighted by Gasteiger charge is -2.21. The van der Waals surface area contributed by atoms with Gasteiger partial charge in [0.25, 0.3) is 5.91 Å². The molecule has 0 saturated carbocycles. The molecule has 1 aromatic heterocycles. The van der Waals surface area contributed by atoms with Crippen LogP contribution in [0.15, 0.2) is 66.9 Å². The number of carbonyl (C=O) groups is 1. The van der Waals surface area contributed by atoms with Crippen LogP contribution < -0.4 is 10.1 Å². The minimum absolute atomic E-state index is 0.112. The van der Waals surface area contributed by atoms with E-state index in [0.29, 0.717) is 40.2 Å². The van der Waals surface area contributed by atoms with E-state index in [1.165, 1.54) is 24.3 Å². The fraction of sp³-hybridized carbons (Fsp3) is 0.185. The molecule has 0 aliphatic carbocycles. The van der Waals surface area contributed by atoms with Crippen molar-refractivity contribution in [1.82, 2.24) is 15.1 Å². The summed E-state index contributed by atoms with van der Waals surface area (Å²) in [4.78, 5) is 13.2. The molecular weight excluding hydrogens is 452 g/mol. The van der Waals surface area contributed by atoms with Crippen LogP contribution in [-0.4, -0.2) is 29.0 Å². The van der Waals surface area contributed by atoms with Gasteiger partial charge in [-0.1, -0.05) is 23.8 Å². The SMILES string of the molecule is Cc1cccc(-c2nn(-c3ccc(F)cc3)cc2C(=O)NCCc2cc(F)cc3c2OCOC3)c1. The number of carbonyl (C=O) groups excluding carboxylic acids is 1. The van der Waals surface area contributed by atoms with Gasteiger partial charge in [-0.3, -0.25) is 4.79 Å². The predicted octanol–water partition coefficient (Wildman–Crippen LogP) is 4.96. The number of nitrogens with one attached hydrogen (secondary N) is 1. The highest BCUT2D eigenvalue weighted by atomic mass is 19.1. The molecule has 0 bridgehead atoms. The van der Waals surface area contributed by atoms with Crippen LogP contribution in [0.1, 0.15) is 27.0 Å². The number of amides is 1. The van der Waals surface area contributed by atoms with Crippen LogP contribution in [0.2, 0.25) is 0 Å². The van der Waals surface area contributed by atoms with E-state index < -0.39 is 0 Å². The molecule has 4 aromatic rings. The first kappa shape index (κ1) is 22.7. The molecule has 5 rings (SSSR count). The van der Waals surface area contributed by atoms with Gasteiger partial charge in [0, 0.05) is 23.9 Å². The first-order valence-electron chi connectivity index (χ1n) is 11.2. The molecule has 0 atom stereocenters. The number of benzene rings is 3. The first-order chi connectivity index (χ1) is 17.0. The number of fused-ring (bicyclic) bond motifs is 1. The number of halogens is 2. The Morgan fingerprint density at radius 2 is 1.91 bits per heavy atom. The standard InChI is InChI=1S/C27H23F2N3O3/c1-17-3-2-4-18(11-17)25-24(14-32(31-25)23-7-5-21(28)6-8-23)27(33)30-10-9-19-12-22(29)13-20-15-34-16-35-26(19)20/h2-8,11-14H,9-10,15-16H2,1H3,(H,30,33). The lowest BCUT2D eigenvalue weighted by Crippen LogP contribution is -2.26. The summed E-state index contributed by atoms with van der Waals surface area (Å²) in [5.41, 5.74) is 4.67. The smallest absolute Gasteiger partial charge is 0.255 e. The Hall–Kier alpha value is -4.04. The van der Waals surface area contributed by atoms with E-state index in [1.54, 1.807) is 23.0 Å². The van der Waals surface area contributed by atoms with Gasteiger partial charge in [-0.25, -0.2) is 13.5 Å². The third-order valence-corrected chi connectivity index (χ3v) is 5.77. The summed E-state index contributed by atoms with van der Waals surface area (Å²) in [7, 11) is 0. The quantitative estimate of drug-likeness (QED) is 0.428. The Morgan fingerprint density at radius 1 is 1.09 bits per heavy atom. The lowest BCUT2D eigenvalue weighted by atomic mass is 10.0. The van der Waals surface area contributed by atoms with Crippen molar-refractivity contribution < 1.29 is 23.0 Å². The van der Waals surface area contributed by atoms with Gasteiger partial charge < -0.3 is 14.8 Å². The van der Waals surface area contributed by atoms with Crippen molar-refractivity contribution in [1.29, 1.82) is 0 Å². The maximum Gasteiger partial charge on any atom is 0.255 e. The van der Waals surface area contributed by atoms with E-state index in [1.807, 2.05) is 31.2 Å². The Morgan fingerprint density at radius 3 is 2.71 bits per heavy atom. The zero-order valence-corrected chi connectivity index (χ0v) is 19.1. The molecule has 35 heavy (non-hydrogen) atoms. The van der Waals surface area contributed by atoms with Crippen LogP contribution in [0.4, 0.5) is 8.78 Å². The number of aromatic nitrogens is 2.